The summed E-state index contributed by atoms with van der Waals surface area (Å²) in [5.74, 6) is 0.534. The van der Waals surface area contributed by atoms with E-state index in [-0.39, 0.29) is 6.04 Å². The van der Waals surface area contributed by atoms with E-state index in [2.05, 4.69) is 31.6 Å². The topological polar surface area (TPSA) is 52.0 Å². The maximum absolute atomic E-state index is 5.94. The zero-order valence-electron chi connectivity index (χ0n) is 10.1. The lowest BCUT2D eigenvalue weighted by molar-refractivity contribution is 0.0856. The zero-order chi connectivity index (χ0) is 12.0. The summed E-state index contributed by atoms with van der Waals surface area (Å²) in [6.45, 7) is 0. The van der Waals surface area contributed by atoms with Crippen LogP contribution < -0.4 is 5.32 Å². The molecule has 2 aliphatic rings. The summed E-state index contributed by atoms with van der Waals surface area (Å²) in [4.78, 5) is 0. The fourth-order valence-corrected chi connectivity index (χ4v) is 3.82. The van der Waals surface area contributed by atoms with Gasteiger partial charge in [0.2, 0.25) is 0 Å². The molecule has 0 saturated carbocycles. The first-order valence-corrected chi connectivity index (χ1v) is 6.87. The molecule has 2 bridgehead atoms. The number of fused-ring (bicyclic) bond motifs is 2. The van der Waals surface area contributed by atoms with Gasteiger partial charge in [0, 0.05) is 13.0 Å². The van der Waals surface area contributed by atoms with Crippen LogP contribution in [0.15, 0.2) is 4.60 Å². The molecule has 1 aromatic heterocycles. The van der Waals surface area contributed by atoms with Gasteiger partial charge in [-0.1, -0.05) is 5.21 Å². The van der Waals surface area contributed by atoms with Crippen molar-refractivity contribution in [2.75, 3.05) is 7.05 Å². The van der Waals surface area contributed by atoms with Crippen LogP contribution in [0.1, 0.15) is 31.0 Å². The highest BCUT2D eigenvalue weighted by molar-refractivity contribution is 9.10. The lowest BCUT2D eigenvalue weighted by atomic mass is 9.82. The smallest absolute Gasteiger partial charge is 0.153 e. The number of aromatic nitrogens is 3. The summed E-state index contributed by atoms with van der Waals surface area (Å²) < 4.78 is 8.62. The molecule has 0 aliphatic carbocycles. The summed E-state index contributed by atoms with van der Waals surface area (Å²) >= 11 is 3.48. The van der Waals surface area contributed by atoms with Gasteiger partial charge in [-0.15, -0.1) is 5.10 Å². The van der Waals surface area contributed by atoms with Crippen molar-refractivity contribution in [2.45, 2.75) is 37.5 Å². The largest absolute Gasteiger partial charge is 0.375 e. The molecule has 0 aromatic carbocycles. The van der Waals surface area contributed by atoms with Crippen LogP contribution in [0, 0.1) is 5.92 Å². The number of nitrogens with one attached hydrogen (secondary N) is 1. The van der Waals surface area contributed by atoms with E-state index in [0.29, 0.717) is 18.1 Å². The maximum atomic E-state index is 5.94. The van der Waals surface area contributed by atoms with E-state index in [1.807, 2.05) is 18.8 Å². The highest BCUT2D eigenvalue weighted by Crippen LogP contribution is 2.45. The van der Waals surface area contributed by atoms with E-state index in [1.54, 1.807) is 0 Å². The number of ether oxygens (including phenoxy) is 1. The molecular weight excluding hydrogens is 284 g/mol. The normalized spacial score (nSPS) is 33.2. The minimum atomic E-state index is 0.264. The van der Waals surface area contributed by atoms with E-state index in [4.69, 9.17) is 4.74 Å². The van der Waals surface area contributed by atoms with Crippen molar-refractivity contribution in [2.24, 2.45) is 13.0 Å². The standard InChI is InChI=1S/C11H17BrN4O/c1-13-9(10-11(12)14-15-16(10)2)7-5-6-3-4-8(7)17-6/h6-9,13H,3-5H2,1-2H3. The molecule has 2 fully saturated rings. The van der Waals surface area contributed by atoms with Crippen LogP contribution in [-0.2, 0) is 11.8 Å². The zero-order valence-corrected chi connectivity index (χ0v) is 11.6. The second-order valence-corrected chi connectivity index (χ2v) is 5.68. The Balaban J connectivity index is 1.89. The predicted molar refractivity (Wildman–Crippen MR) is 66.5 cm³/mol. The number of aryl methyl sites for hydroxylation is 1. The molecule has 2 saturated heterocycles. The van der Waals surface area contributed by atoms with Gasteiger partial charge in [-0.3, -0.25) is 0 Å². The second kappa shape index (κ2) is 4.33. The molecular formula is C11H17BrN4O. The van der Waals surface area contributed by atoms with Crippen molar-refractivity contribution in [3.63, 3.8) is 0 Å². The maximum Gasteiger partial charge on any atom is 0.153 e. The summed E-state index contributed by atoms with van der Waals surface area (Å²) in [6, 6.07) is 0.264. The van der Waals surface area contributed by atoms with E-state index < -0.39 is 0 Å². The van der Waals surface area contributed by atoms with Crippen molar-refractivity contribution >= 4 is 15.9 Å². The third kappa shape index (κ3) is 1.82. The Morgan fingerprint density at radius 1 is 1.53 bits per heavy atom. The minimum Gasteiger partial charge on any atom is -0.375 e. The number of halogens is 1. The van der Waals surface area contributed by atoms with E-state index in [9.17, 15) is 0 Å². The average Bonchev–Trinajstić information content (AvgIpc) is 3.00. The Morgan fingerprint density at radius 2 is 2.35 bits per heavy atom. The number of nitrogens with zero attached hydrogens (tertiary/aromatic N) is 3. The average molecular weight is 301 g/mol. The molecule has 5 nitrogen and oxygen atoms in total. The summed E-state index contributed by atoms with van der Waals surface area (Å²) in [5.41, 5.74) is 1.12. The molecule has 1 N–H and O–H groups in total. The molecule has 3 heterocycles. The second-order valence-electron chi connectivity index (χ2n) is 4.93. The predicted octanol–water partition coefficient (Wildman–Crippen LogP) is 1.41. The molecule has 0 radical (unpaired) electrons. The third-order valence-electron chi connectivity index (χ3n) is 4.01. The van der Waals surface area contributed by atoms with Gasteiger partial charge in [0.15, 0.2) is 4.60 Å². The van der Waals surface area contributed by atoms with Gasteiger partial charge in [0.1, 0.15) is 0 Å². The third-order valence-corrected chi connectivity index (χ3v) is 4.58. The van der Waals surface area contributed by atoms with Gasteiger partial charge >= 0.3 is 0 Å². The lowest BCUT2D eigenvalue weighted by Gasteiger charge is -2.28. The highest BCUT2D eigenvalue weighted by atomic mass is 79.9. The fourth-order valence-electron chi connectivity index (χ4n) is 3.25. The monoisotopic (exact) mass is 300 g/mol. The van der Waals surface area contributed by atoms with Crippen molar-refractivity contribution < 1.29 is 4.74 Å². The molecule has 17 heavy (non-hydrogen) atoms. The van der Waals surface area contributed by atoms with Gasteiger partial charge in [0.05, 0.1) is 23.9 Å². The molecule has 4 atom stereocenters. The SMILES string of the molecule is CNC(c1c(Br)nnn1C)C1CC2CCC1O2. The summed E-state index contributed by atoms with van der Waals surface area (Å²) in [6.07, 6.45) is 4.44. The number of hydrogen-bond donors (Lipinski definition) is 1. The van der Waals surface area contributed by atoms with Gasteiger partial charge in [0.25, 0.3) is 0 Å². The van der Waals surface area contributed by atoms with Crippen LogP contribution in [0.4, 0.5) is 0 Å². The van der Waals surface area contributed by atoms with E-state index >= 15 is 0 Å². The van der Waals surface area contributed by atoms with Crippen LogP contribution in [0.3, 0.4) is 0 Å². The summed E-state index contributed by atoms with van der Waals surface area (Å²) in [5, 5.41) is 11.5. The molecule has 3 rings (SSSR count). The first-order chi connectivity index (χ1) is 8.20. The minimum absolute atomic E-state index is 0.264. The van der Waals surface area contributed by atoms with Crippen molar-refractivity contribution in [1.29, 1.82) is 0 Å². The quantitative estimate of drug-likeness (QED) is 0.917. The van der Waals surface area contributed by atoms with Gasteiger partial charge in [-0.25, -0.2) is 4.68 Å². The van der Waals surface area contributed by atoms with E-state index in [0.717, 1.165) is 16.7 Å². The molecule has 4 unspecified atom stereocenters. The van der Waals surface area contributed by atoms with Crippen LogP contribution in [0.5, 0.6) is 0 Å². The number of rotatable bonds is 3. The van der Waals surface area contributed by atoms with Crippen molar-refractivity contribution in [1.82, 2.24) is 20.3 Å². The van der Waals surface area contributed by atoms with Gasteiger partial charge in [-0.2, -0.15) is 0 Å². The molecule has 1 aromatic rings. The molecule has 0 amide bonds. The van der Waals surface area contributed by atoms with Crippen molar-refractivity contribution in [3.05, 3.63) is 10.3 Å². The Morgan fingerprint density at radius 3 is 2.82 bits per heavy atom. The molecule has 6 heteroatoms. The Labute approximate surface area is 109 Å². The Hall–Kier alpha value is -0.460. The van der Waals surface area contributed by atoms with Crippen LogP contribution in [0.25, 0.3) is 0 Å². The van der Waals surface area contributed by atoms with Gasteiger partial charge < -0.3 is 10.1 Å². The van der Waals surface area contributed by atoms with E-state index in [1.165, 1.54) is 12.8 Å². The Kier molecular flexibility index (Phi) is 2.96. The molecule has 0 spiro atoms. The van der Waals surface area contributed by atoms with Crippen LogP contribution in [-0.4, -0.2) is 34.2 Å². The first kappa shape index (κ1) is 11.6. The van der Waals surface area contributed by atoms with Crippen LogP contribution in [0.2, 0.25) is 0 Å². The molecule has 2 aliphatic heterocycles. The van der Waals surface area contributed by atoms with Crippen molar-refractivity contribution in [3.8, 4) is 0 Å². The first-order valence-electron chi connectivity index (χ1n) is 6.08. The highest BCUT2D eigenvalue weighted by Gasteiger charge is 2.45. The lowest BCUT2D eigenvalue weighted by Crippen LogP contribution is -2.33. The fraction of sp³-hybridized carbons (Fsp3) is 0.818. The van der Waals surface area contributed by atoms with Gasteiger partial charge in [-0.05, 0) is 42.2 Å². The van der Waals surface area contributed by atoms with Crippen LogP contribution >= 0.6 is 15.9 Å². The summed E-state index contributed by atoms with van der Waals surface area (Å²) in [7, 11) is 3.93. The number of hydrogen-bond acceptors (Lipinski definition) is 4. The Bertz CT molecular complexity index is 402. The molecule has 94 valence electrons.